The molecule has 166 valence electrons. The Bertz CT molecular complexity index is 1140. The van der Waals surface area contributed by atoms with Gasteiger partial charge in [-0.05, 0) is 61.2 Å². The van der Waals surface area contributed by atoms with Gasteiger partial charge in [-0.3, -0.25) is 14.7 Å². The van der Waals surface area contributed by atoms with Crippen LogP contribution in [0.25, 0.3) is 11.3 Å². The van der Waals surface area contributed by atoms with Crippen LogP contribution in [0.3, 0.4) is 0 Å². The molecule has 1 aliphatic heterocycles. The number of anilines is 2. The first-order valence-corrected chi connectivity index (χ1v) is 11.0. The lowest BCUT2D eigenvalue weighted by molar-refractivity contribution is -0.114. The van der Waals surface area contributed by atoms with Crippen molar-refractivity contribution in [3.8, 4) is 11.3 Å². The Balaban J connectivity index is 1.43. The maximum Gasteiger partial charge on any atom is 0.253 e. The van der Waals surface area contributed by atoms with Crippen LogP contribution in [0.2, 0.25) is 0 Å². The van der Waals surface area contributed by atoms with Gasteiger partial charge in [0.05, 0.1) is 5.69 Å². The first kappa shape index (κ1) is 21.6. The van der Waals surface area contributed by atoms with Gasteiger partial charge in [-0.15, -0.1) is 0 Å². The summed E-state index contributed by atoms with van der Waals surface area (Å²) >= 11 is 0. The third-order valence-electron chi connectivity index (χ3n) is 5.92. The molecule has 4 rings (SSSR count). The molecule has 3 aromatic rings. The fraction of sp³-hybridized carbons (Fsp3) is 0.320. The quantitative estimate of drug-likeness (QED) is 0.654. The van der Waals surface area contributed by atoms with Crippen molar-refractivity contribution < 1.29 is 9.59 Å². The van der Waals surface area contributed by atoms with Crippen LogP contribution in [0.1, 0.15) is 34.8 Å². The van der Waals surface area contributed by atoms with E-state index >= 15 is 0 Å². The maximum absolute atomic E-state index is 13.1. The molecule has 0 aliphatic carbocycles. The Labute approximate surface area is 188 Å². The van der Waals surface area contributed by atoms with E-state index in [9.17, 15) is 9.59 Å². The summed E-state index contributed by atoms with van der Waals surface area (Å²) in [6.45, 7) is 8.54. The molecule has 32 heavy (non-hydrogen) atoms. The highest BCUT2D eigenvalue weighted by Crippen LogP contribution is 2.25. The zero-order chi connectivity index (χ0) is 22.7. The van der Waals surface area contributed by atoms with Crippen molar-refractivity contribution in [3.05, 3.63) is 65.2 Å². The highest BCUT2D eigenvalue weighted by atomic mass is 16.2. The summed E-state index contributed by atoms with van der Waals surface area (Å²) < 4.78 is 0. The van der Waals surface area contributed by atoms with Gasteiger partial charge < -0.3 is 15.1 Å². The highest BCUT2D eigenvalue weighted by molar-refractivity contribution is 5.96. The average Bonchev–Trinajstić information content (AvgIpc) is 3.13. The van der Waals surface area contributed by atoms with Crippen LogP contribution >= 0.6 is 0 Å². The molecule has 2 aromatic carbocycles. The monoisotopic (exact) mass is 431 g/mol. The van der Waals surface area contributed by atoms with Crippen molar-refractivity contribution in [1.82, 2.24) is 15.1 Å². The number of hydrogen-bond donors (Lipinski definition) is 2. The van der Waals surface area contributed by atoms with Gasteiger partial charge in [0.25, 0.3) is 5.91 Å². The Hall–Kier alpha value is -3.61. The first-order valence-electron chi connectivity index (χ1n) is 11.0. The topological polar surface area (TPSA) is 81.3 Å². The summed E-state index contributed by atoms with van der Waals surface area (Å²) in [7, 11) is 0. The predicted molar refractivity (Wildman–Crippen MR) is 127 cm³/mol. The maximum atomic E-state index is 13.1. The summed E-state index contributed by atoms with van der Waals surface area (Å²) in [5, 5.41) is 10.4. The van der Waals surface area contributed by atoms with E-state index in [1.54, 1.807) is 24.3 Å². The number of benzene rings is 2. The van der Waals surface area contributed by atoms with Gasteiger partial charge in [-0.2, -0.15) is 5.10 Å². The van der Waals surface area contributed by atoms with Gasteiger partial charge in [0, 0.05) is 50.4 Å². The number of nitrogens with zero attached hydrogens (tertiary/aromatic N) is 3. The largest absolute Gasteiger partial charge is 0.353 e. The number of H-pyrrole nitrogens is 1. The number of amides is 2. The molecule has 0 atom stereocenters. The minimum Gasteiger partial charge on any atom is -0.353 e. The van der Waals surface area contributed by atoms with Crippen molar-refractivity contribution in [2.45, 2.75) is 27.2 Å². The molecular weight excluding hydrogens is 402 g/mol. The number of aryl methyl sites for hydroxylation is 2. The van der Waals surface area contributed by atoms with Crippen LogP contribution in [-0.4, -0.2) is 53.1 Å². The molecule has 2 amide bonds. The van der Waals surface area contributed by atoms with Crippen LogP contribution in [0.5, 0.6) is 0 Å². The predicted octanol–water partition coefficient (Wildman–Crippen LogP) is 4.00. The summed E-state index contributed by atoms with van der Waals surface area (Å²) in [6, 6.07) is 15.6. The lowest BCUT2D eigenvalue weighted by Crippen LogP contribution is -2.35. The van der Waals surface area contributed by atoms with Gasteiger partial charge in [0.1, 0.15) is 0 Å². The van der Waals surface area contributed by atoms with Crippen molar-refractivity contribution in [2.75, 3.05) is 36.4 Å². The fourth-order valence-electron chi connectivity index (χ4n) is 4.00. The van der Waals surface area contributed by atoms with Gasteiger partial charge in [0.15, 0.2) is 5.82 Å². The zero-order valence-corrected chi connectivity index (χ0v) is 18.8. The normalized spacial score (nSPS) is 14.2. The number of aromatic amines is 1. The molecule has 0 unspecified atom stereocenters. The standard InChI is InChI=1S/C25H29N5O2/c1-17-8-9-20(14-18(17)2)23-16-24(28-27-23)29-10-5-11-30(13-12-29)25(32)21-6-4-7-22(15-21)26-19(3)31/h4,6-9,14-16H,5,10-13H2,1-3H3,(H,26,31)(H,27,28). The number of aromatic nitrogens is 2. The van der Waals surface area contributed by atoms with Crippen molar-refractivity contribution in [2.24, 2.45) is 0 Å². The van der Waals surface area contributed by atoms with Crippen LogP contribution in [0.15, 0.2) is 48.5 Å². The summed E-state index contributed by atoms with van der Waals surface area (Å²) in [6.07, 6.45) is 0.864. The number of carbonyl (C=O) groups is 2. The molecule has 2 heterocycles. The first-order chi connectivity index (χ1) is 15.4. The second-order valence-electron chi connectivity index (χ2n) is 8.33. The summed E-state index contributed by atoms with van der Waals surface area (Å²) in [5.41, 5.74) is 5.86. The second-order valence-corrected chi connectivity index (χ2v) is 8.33. The van der Waals surface area contributed by atoms with Crippen LogP contribution in [-0.2, 0) is 4.79 Å². The second kappa shape index (κ2) is 9.26. The highest BCUT2D eigenvalue weighted by Gasteiger charge is 2.22. The number of hydrogen-bond acceptors (Lipinski definition) is 4. The Morgan fingerprint density at radius 3 is 2.59 bits per heavy atom. The Kier molecular flexibility index (Phi) is 6.25. The van der Waals surface area contributed by atoms with Crippen molar-refractivity contribution >= 4 is 23.3 Å². The fourth-order valence-corrected chi connectivity index (χ4v) is 4.00. The number of rotatable bonds is 4. The Morgan fingerprint density at radius 2 is 1.81 bits per heavy atom. The zero-order valence-electron chi connectivity index (χ0n) is 18.8. The molecule has 0 spiro atoms. The van der Waals surface area contributed by atoms with Crippen molar-refractivity contribution in [1.29, 1.82) is 0 Å². The number of nitrogens with one attached hydrogen (secondary N) is 2. The van der Waals surface area contributed by atoms with E-state index in [0.717, 1.165) is 30.0 Å². The van der Waals surface area contributed by atoms with Gasteiger partial charge in [-0.25, -0.2) is 0 Å². The molecule has 0 saturated carbocycles. The molecule has 1 saturated heterocycles. The van der Waals surface area contributed by atoms with E-state index in [2.05, 4.69) is 58.5 Å². The van der Waals surface area contributed by atoms with E-state index in [1.807, 2.05) is 4.90 Å². The summed E-state index contributed by atoms with van der Waals surface area (Å²) in [4.78, 5) is 28.5. The minimum absolute atomic E-state index is 0.0168. The lowest BCUT2D eigenvalue weighted by atomic mass is 10.0. The van der Waals surface area contributed by atoms with Crippen LogP contribution in [0.4, 0.5) is 11.5 Å². The molecule has 0 bridgehead atoms. The van der Waals surface area contributed by atoms with Gasteiger partial charge in [0.2, 0.25) is 5.91 Å². The number of carbonyl (C=O) groups excluding carboxylic acids is 2. The van der Waals surface area contributed by atoms with E-state index in [-0.39, 0.29) is 11.8 Å². The molecule has 1 aromatic heterocycles. The lowest BCUT2D eigenvalue weighted by Gasteiger charge is -2.22. The minimum atomic E-state index is -0.154. The third-order valence-corrected chi connectivity index (χ3v) is 5.92. The molecule has 0 radical (unpaired) electrons. The van der Waals surface area contributed by atoms with Crippen LogP contribution < -0.4 is 10.2 Å². The van der Waals surface area contributed by atoms with E-state index in [0.29, 0.717) is 30.9 Å². The van der Waals surface area contributed by atoms with Crippen LogP contribution in [0, 0.1) is 13.8 Å². The van der Waals surface area contributed by atoms with Gasteiger partial charge in [-0.1, -0.05) is 18.2 Å². The smallest absolute Gasteiger partial charge is 0.253 e. The molecule has 7 nitrogen and oxygen atoms in total. The molecule has 1 fully saturated rings. The third kappa shape index (κ3) is 4.82. The molecular formula is C25H29N5O2. The average molecular weight is 432 g/mol. The van der Waals surface area contributed by atoms with Gasteiger partial charge >= 0.3 is 0 Å². The van der Waals surface area contributed by atoms with E-state index in [4.69, 9.17) is 0 Å². The Morgan fingerprint density at radius 1 is 0.969 bits per heavy atom. The molecule has 7 heteroatoms. The summed E-state index contributed by atoms with van der Waals surface area (Å²) in [5.74, 6) is 0.733. The van der Waals surface area contributed by atoms with E-state index < -0.39 is 0 Å². The van der Waals surface area contributed by atoms with Crippen molar-refractivity contribution in [3.63, 3.8) is 0 Å². The molecule has 1 aliphatic rings. The van der Waals surface area contributed by atoms with E-state index in [1.165, 1.54) is 18.1 Å². The molecule has 2 N–H and O–H groups in total. The SMILES string of the molecule is CC(=O)Nc1cccc(C(=O)N2CCCN(c3cc(-c4ccc(C)c(C)c4)[nH]n3)CC2)c1.